The van der Waals surface area contributed by atoms with Crippen LogP contribution in [0.1, 0.15) is 51.3 Å². The smallest absolute Gasteiger partial charge is 0.167 e. The zero-order chi connectivity index (χ0) is 47.6. The Balaban J connectivity index is 1.03. The van der Waals surface area contributed by atoms with E-state index < -0.39 is 5.41 Å². The van der Waals surface area contributed by atoms with E-state index in [-0.39, 0.29) is 5.92 Å². The van der Waals surface area contributed by atoms with Crippen LogP contribution in [0.3, 0.4) is 0 Å². The van der Waals surface area contributed by atoms with Gasteiger partial charge in [0.1, 0.15) is 22.7 Å². The first kappa shape index (κ1) is 41.8. The van der Waals surface area contributed by atoms with Crippen molar-refractivity contribution in [2.45, 2.75) is 24.2 Å². The third kappa shape index (κ3) is 6.73. The van der Waals surface area contributed by atoms with Crippen molar-refractivity contribution < 1.29 is 9.15 Å². The standard InChI is InChI=1S/C67H45N3O2/c1-5-19-43(20-6-1)48-36-35-45-37-39-50(51-40-38-49(44-21-7-2-8-22-44)42-59(51)67(58(45)41-48)56-31-13-15-33-60(56)71-61-34-16-14-32-57(61)67)52-27-17-28-53-54-29-18-30-55(63(54)72-62(52)53)66-69-64(46-23-9-3-10-24-46)68-65(70-66)47-25-11-4-12-26-47/h1-36,38,40-42,50H,37,39H2. The third-order valence-corrected chi connectivity index (χ3v) is 14.9. The number of ether oxygens (including phenoxy) is 1. The summed E-state index contributed by atoms with van der Waals surface area (Å²) in [6, 6.07) is 86.5. The van der Waals surface area contributed by atoms with Gasteiger partial charge in [0.05, 0.1) is 11.0 Å². The van der Waals surface area contributed by atoms with Crippen LogP contribution < -0.4 is 4.74 Å². The molecule has 0 saturated heterocycles. The van der Waals surface area contributed by atoms with Crippen molar-refractivity contribution in [1.82, 2.24) is 15.0 Å². The van der Waals surface area contributed by atoms with Crippen molar-refractivity contribution in [2.24, 2.45) is 0 Å². The van der Waals surface area contributed by atoms with Crippen LogP contribution in [-0.4, -0.2) is 15.0 Å². The second kappa shape index (κ2) is 17.0. The first-order chi connectivity index (χ1) is 35.7. The second-order valence-corrected chi connectivity index (χ2v) is 18.9. The summed E-state index contributed by atoms with van der Waals surface area (Å²) in [5, 5.41) is 2.07. The van der Waals surface area contributed by atoms with E-state index in [4.69, 9.17) is 24.1 Å². The fraction of sp³-hybridized carbons (Fsp3) is 0.0597. The fourth-order valence-corrected chi connectivity index (χ4v) is 11.7. The number of aromatic nitrogens is 3. The molecule has 10 aromatic carbocycles. The molecule has 12 aromatic rings. The number of benzene rings is 10. The molecule has 0 saturated carbocycles. The molecule has 1 spiro atoms. The van der Waals surface area contributed by atoms with E-state index in [1.165, 1.54) is 33.4 Å². The Labute approximate surface area is 417 Å². The minimum atomic E-state index is -0.773. The zero-order valence-electron chi connectivity index (χ0n) is 39.2. The molecular formula is C67H45N3O2. The highest BCUT2D eigenvalue weighted by atomic mass is 16.5. The highest BCUT2D eigenvalue weighted by molar-refractivity contribution is 6.10. The number of furan rings is 1. The molecule has 1 atom stereocenters. The largest absolute Gasteiger partial charge is 0.457 e. The first-order valence-electron chi connectivity index (χ1n) is 24.8. The summed E-state index contributed by atoms with van der Waals surface area (Å²) in [5.74, 6) is 3.42. The van der Waals surface area contributed by atoms with Gasteiger partial charge < -0.3 is 9.15 Å². The van der Waals surface area contributed by atoms with Crippen LogP contribution >= 0.6 is 0 Å². The minimum Gasteiger partial charge on any atom is -0.457 e. The molecule has 3 heterocycles. The lowest BCUT2D eigenvalue weighted by atomic mass is 9.58. The second-order valence-electron chi connectivity index (χ2n) is 18.9. The summed E-state index contributed by atoms with van der Waals surface area (Å²) in [4.78, 5) is 15.3. The number of nitrogens with zero attached hydrogens (tertiary/aromatic N) is 3. The zero-order valence-corrected chi connectivity index (χ0v) is 39.2. The Hall–Kier alpha value is -9.19. The number of para-hydroxylation sites is 4. The van der Waals surface area contributed by atoms with E-state index in [2.05, 4.69) is 182 Å². The SMILES string of the molecule is c1ccc(-c2ccc3c(c2)C2(c4ccccc4Oc4ccccc42)c2cc(-c4ccccc4)ccc2C(c2cccc4c2oc2c(-c5nc(-c6ccccc6)nc(-c6ccccc6)n5)cccc24)CC3)cc1. The first-order valence-corrected chi connectivity index (χ1v) is 24.8. The molecule has 1 aliphatic heterocycles. The molecule has 0 bridgehead atoms. The van der Waals surface area contributed by atoms with E-state index in [0.717, 1.165) is 90.8 Å². The molecule has 0 amide bonds. The molecule has 340 valence electrons. The molecule has 2 aromatic heterocycles. The number of hydrogen-bond acceptors (Lipinski definition) is 5. The molecule has 5 nitrogen and oxygen atoms in total. The number of aryl methyl sites for hydroxylation is 1. The van der Waals surface area contributed by atoms with Gasteiger partial charge in [0.2, 0.25) is 0 Å². The Morgan fingerprint density at radius 1 is 0.361 bits per heavy atom. The predicted octanol–water partition coefficient (Wildman–Crippen LogP) is 16.7. The van der Waals surface area contributed by atoms with Gasteiger partial charge in [-0.1, -0.05) is 212 Å². The van der Waals surface area contributed by atoms with Crippen molar-refractivity contribution in [3.8, 4) is 67.9 Å². The fourth-order valence-electron chi connectivity index (χ4n) is 11.7. The van der Waals surface area contributed by atoms with Gasteiger partial charge >= 0.3 is 0 Å². The van der Waals surface area contributed by atoms with Crippen molar-refractivity contribution in [2.75, 3.05) is 0 Å². The Morgan fingerprint density at radius 3 is 1.47 bits per heavy atom. The lowest BCUT2D eigenvalue weighted by Gasteiger charge is -2.45. The van der Waals surface area contributed by atoms with Crippen LogP contribution in [0.25, 0.3) is 78.4 Å². The normalized spacial score (nSPS) is 14.4. The summed E-state index contributed by atoms with van der Waals surface area (Å²) >= 11 is 0. The Kier molecular flexibility index (Phi) is 9.88. The van der Waals surface area contributed by atoms with Crippen LogP contribution in [0, 0.1) is 0 Å². The van der Waals surface area contributed by atoms with Gasteiger partial charge in [0.25, 0.3) is 0 Å². The number of fused-ring (bicyclic) bond motifs is 11. The molecule has 0 fully saturated rings. The maximum absolute atomic E-state index is 7.36. The van der Waals surface area contributed by atoms with E-state index in [1.54, 1.807) is 0 Å². The van der Waals surface area contributed by atoms with Crippen LogP contribution in [0.4, 0.5) is 0 Å². The average molecular weight is 924 g/mol. The van der Waals surface area contributed by atoms with Gasteiger partial charge in [0, 0.05) is 44.5 Å². The molecule has 1 unspecified atom stereocenters. The average Bonchev–Trinajstić information content (AvgIpc) is 3.85. The molecule has 72 heavy (non-hydrogen) atoms. The summed E-state index contributed by atoms with van der Waals surface area (Å²) in [7, 11) is 0. The van der Waals surface area contributed by atoms with Gasteiger partial charge in [-0.15, -0.1) is 0 Å². The van der Waals surface area contributed by atoms with Crippen LogP contribution in [-0.2, 0) is 11.8 Å². The van der Waals surface area contributed by atoms with Crippen molar-refractivity contribution >= 4 is 21.9 Å². The highest BCUT2D eigenvalue weighted by Gasteiger charge is 2.49. The Bertz CT molecular complexity index is 3910. The van der Waals surface area contributed by atoms with Gasteiger partial charge in [-0.05, 0) is 87.7 Å². The van der Waals surface area contributed by atoms with Crippen LogP contribution in [0.2, 0.25) is 0 Å². The predicted molar refractivity (Wildman–Crippen MR) is 289 cm³/mol. The van der Waals surface area contributed by atoms with E-state index in [1.807, 2.05) is 60.7 Å². The third-order valence-electron chi connectivity index (χ3n) is 14.9. The lowest BCUT2D eigenvalue weighted by molar-refractivity contribution is 0.431. The van der Waals surface area contributed by atoms with Crippen molar-refractivity contribution in [1.29, 1.82) is 0 Å². The van der Waals surface area contributed by atoms with Crippen molar-refractivity contribution in [3.05, 3.63) is 282 Å². The highest BCUT2D eigenvalue weighted by Crippen LogP contribution is 2.60. The summed E-state index contributed by atoms with van der Waals surface area (Å²) < 4.78 is 14.3. The van der Waals surface area contributed by atoms with E-state index in [9.17, 15) is 0 Å². The summed E-state index contributed by atoms with van der Waals surface area (Å²) in [6.07, 6.45) is 1.68. The maximum Gasteiger partial charge on any atom is 0.167 e. The molecular weight excluding hydrogens is 879 g/mol. The van der Waals surface area contributed by atoms with E-state index >= 15 is 0 Å². The molecule has 0 N–H and O–H groups in total. The lowest BCUT2D eigenvalue weighted by Crippen LogP contribution is -2.37. The quantitative estimate of drug-likeness (QED) is 0.166. The maximum atomic E-state index is 7.36. The molecule has 1 aliphatic carbocycles. The monoisotopic (exact) mass is 923 g/mol. The molecule has 14 rings (SSSR count). The summed E-state index contributed by atoms with van der Waals surface area (Å²) in [6.45, 7) is 0. The van der Waals surface area contributed by atoms with E-state index in [0.29, 0.717) is 17.5 Å². The van der Waals surface area contributed by atoms with Crippen molar-refractivity contribution in [3.63, 3.8) is 0 Å². The van der Waals surface area contributed by atoms with Crippen LogP contribution in [0.5, 0.6) is 11.5 Å². The van der Waals surface area contributed by atoms with Gasteiger partial charge in [0.15, 0.2) is 17.5 Å². The molecule has 2 aliphatic rings. The number of hydrogen-bond donors (Lipinski definition) is 0. The van der Waals surface area contributed by atoms with Gasteiger partial charge in [-0.2, -0.15) is 0 Å². The Morgan fingerprint density at radius 2 is 0.861 bits per heavy atom. The topological polar surface area (TPSA) is 61.0 Å². The van der Waals surface area contributed by atoms with Crippen LogP contribution in [0.15, 0.2) is 247 Å². The van der Waals surface area contributed by atoms with Gasteiger partial charge in [-0.25, -0.2) is 15.0 Å². The van der Waals surface area contributed by atoms with Gasteiger partial charge in [-0.3, -0.25) is 0 Å². The number of rotatable bonds is 6. The molecule has 5 heteroatoms. The molecule has 0 radical (unpaired) electrons. The summed E-state index contributed by atoms with van der Waals surface area (Å²) in [5.41, 5.74) is 16.6. The minimum absolute atomic E-state index is 0.0647.